The smallest absolute Gasteiger partial charge is 0.218 e. The summed E-state index contributed by atoms with van der Waals surface area (Å²) in [6.07, 6.45) is -0.989. The molecule has 0 aliphatic heterocycles. The van der Waals surface area contributed by atoms with Gasteiger partial charge in [0.25, 0.3) is 0 Å². The summed E-state index contributed by atoms with van der Waals surface area (Å²) >= 11 is 0. The lowest BCUT2D eigenvalue weighted by Gasteiger charge is -2.05. The van der Waals surface area contributed by atoms with Crippen molar-refractivity contribution in [3.05, 3.63) is 29.6 Å². The molecule has 0 radical (unpaired) electrons. The van der Waals surface area contributed by atoms with E-state index in [0.29, 0.717) is 12.3 Å². The van der Waals surface area contributed by atoms with Gasteiger partial charge >= 0.3 is 0 Å². The number of hydrogen-bond donors (Lipinski definition) is 1. The molecule has 1 N–H and O–H groups in total. The zero-order valence-corrected chi connectivity index (χ0v) is 5.97. The minimum Gasteiger partial charge on any atom is -0.385 e. The van der Waals surface area contributed by atoms with Crippen LogP contribution in [0.2, 0.25) is 0 Å². The number of aliphatic hydroxyl groups excluding tert-OH is 1. The van der Waals surface area contributed by atoms with Crippen LogP contribution in [-0.4, -0.2) is 16.8 Å². The third-order valence-corrected chi connectivity index (χ3v) is 1.34. The number of alkyl halides is 1. The van der Waals surface area contributed by atoms with Crippen LogP contribution >= 0.6 is 0 Å². The fourth-order valence-electron chi connectivity index (χ4n) is 0.755. The quantitative estimate of drug-likeness (QED) is 0.692. The second-order valence-electron chi connectivity index (χ2n) is 2.20. The zero-order chi connectivity index (χ0) is 9.14. The summed E-state index contributed by atoms with van der Waals surface area (Å²) in [7, 11) is 0. The number of hydrogen-bond acceptors (Lipinski definition) is 2. The van der Waals surface area contributed by atoms with E-state index in [1.165, 1.54) is 0 Å². The Labute approximate surface area is 66.7 Å². The predicted octanol–water partition coefficient (Wildman–Crippen LogP) is 1.36. The Kier molecular flexibility index (Phi) is 2.65. The molecule has 1 aromatic heterocycles. The molecule has 1 aromatic rings. The van der Waals surface area contributed by atoms with Crippen molar-refractivity contribution in [2.45, 2.75) is 6.10 Å². The van der Waals surface area contributed by atoms with Crippen LogP contribution in [0.1, 0.15) is 11.7 Å². The number of aliphatic hydroxyl groups is 1. The van der Waals surface area contributed by atoms with Crippen LogP contribution in [-0.2, 0) is 0 Å². The SMILES string of the molecule is OC(CF)c1cc(F)cnc1F. The van der Waals surface area contributed by atoms with Gasteiger partial charge in [0.1, 0.15) is 18.6 Å². The Balaban J connectivity index is 3.04. The Bertz CT molecular complexity index is 279. The Hall–Kier alpha value is -1.10. The first-order valence-electron chi connectivity index (χ1n) is 3.20. The minimum atomic E-state index is -1.65. The van der Waals surface area contributed by atoms with Crippen LogP contribution in [0.25, 0.3) is 0 Å². The van der Waals surface area contributed by atoms with E-state index in [0.717, 1.165) is 0 Å². The topological polar surface area (TPSA) is 33.1 Å². The molecule has 12 heavy (non-hydrogen) atoms. The molecule has 0 saturated heterocycles. The molecule has 1 rings (SSSR count). The normalized spacial score (nSPS) is 13.0. The molecule has 5 heteroatoms. The molecule has 1 atom stereocenters. The Morgan fingerprint density at radius 2 is 2.17 bits per heavy atom. The van der Waals surface area contributed by atoms with Crippen molar-refractivity contribution in [2.24, 2.45) is 0 Å². The van der Waals surface area contributed by atoms with Gasteiger partial charge in [-0.25, -0.2) is 13.8 Å². The summed E-state index contributed by atoms with van der Waals surface area (Å²) in [5.41, 5.74) is -0.461. The molecule has 0 fully saturated rings. The average Bonchev–Trinajstić information content (AvgIpc) is 2.08. The van der Waals surface area contributed by atoms with Gasteiger partial charge in [0.2, 0.25) is 5.95 Å². The van der Waals surface area contributed by atoms with Gasteiger partial charge in [-0.15, -0.1) is 0 Å². The molecule has 0 spiro atoms. The summed E-state index contributed by atoms with van der Waals surface area (Å²) in [6, 6.07) is 0.715. The lowest BCUT2D eigenvalue weighted by Crippen LogP contribution is -2.04. The highest BCUT2D eigenvalue weighted by atomic mass is 19.1. The van der Waals surface area contributed by atoms with Crippen molar-refractivity contribution in [3.8, 4) is 0 Å². The summed E-state index contributed by atoms with van der Waals surface area (Å²) in [6.45, 7) is -1.16. The second kappa shape index (κ2) is 3.53. The van der Waals surface area contributed by atoms with Gasteiger partial charge in [-0.1, -0.05) is 0 Å². The molecular weight excluding hydrogens is 171 g/mol. The van der Waals surface area contributed by atoms with Crippen molar-refractivity contribution in [2.75, 3.05) is 6.67 Å². The van der Waals surface area contributed by atoms with Crippen molar-refractivity contribution in [3.63, 3.8) is 0 Å². The molecule has 0 aliphatic rings. The molecule has 0 amide bonds. The zero-order valence-electron chi connectivity index (χ0n) is 5.97. The number of pyridine rings is 1. The highest BCUT2D eigenvalue weighted by Gasteiger charge is 2.14. The maximum atomic E-state index is 12.6. The number of halogens is 3. The first-order valence-corrected chi connectivity index (χ1v) is 3.20. The largest absolute Gasteiger partial charge is 0.385 e. The van der Waals surface area contributed by atoms with Crippen molar-refractivity contribution in [1.82, 2.24) is 4.98 Å². The molecule has 1 unspecified atom stereocenters. The van der Waals surface area contributed by atoms with E-state index >= 15 is 0 Å². The highest BCUT2D eigenvalue weighted by Crippen LogP contribution is 2.16. The van der Waals surface area contributed by atoms with E-state index < -0.39 is 30.1 Å². The lowest BCUT2D eigenvalue weighted by atomic mass is 10.2. The van der Waals surface area contributed by atoms with Crippen LogP contribution in [0.3, 0.4) is 0 Å². The van der Waals surface area contributed by atoms with E-state index in [1.807, 2.05) is 0 Å². The highest BCUT2D eigenvalue weighted by molar-refractivity contribution is 5.15. The minimum absolute atomic E-state index is 0.461. The predicted molar refractivity (Wildman–Crippen MR) is 35.1 cm³/mol. The van der Waals surface area contributed by atoms with E-state index in [1.54, 1.807) is 0 Å². The second-order valence-corrected chi connectivity index (χ2v) is 2.20. The van der Waals surface area contributed by atoms with Gasteiger partial charge in [-0.2, -0.15) is 4.39 Å². The van der Waals surface area contributed by atoms with Gasteiger partial charge in [0.05, 0.1) is 6.20 Å². The number of nitrogens with zero attached hydrogens (tertiary/aromatic N) is 1. The van der Waals surface area contributed by atoms with Crippen LogP contribution in [0.4, 0.5) is 13.2 Å². The molecular formula is C7H6F3NO. The third kappa shape index (κ3) is 1.73. The van der Waals surface area contributed by atoms with Gasteiger partial charge in [0, 0.05) is 5.56 Å². The fourth-order valence-corrected chi connectivity index (χ4v) is 0.755. The standard InChI is InChI=1S/C7H6F3NO/c8-2-6(12)5-1-4(9)3-11-7(5)10/h1,3,6,12H,2H2. The molecule has 66 valence electrons. The monoisotopic (exact) mass is 177 g/mol. The lowest BCUT2D eigenvalue weighted by molar-refractivity contribution is 0.136. The first-order chi connectivity index (χ1) is 5.65. The maximum absolute atomic E-state index is 12.6. The third-order valence-electron chi connectivity index (χ3n) is 1.34. The summed E-state index contributed by atoms with van der Waals surface area (Å²) < 4.78 is 36.8. The molecule has 0 saturated carbocycles. The summed E-state index contributed by atoms with van der Waals surface area (Å²) in [5, 5.41) is 8.81. The van der Waals surface area contributed by atoms with Gasteiger partial charge in [-0.3, -0.25) is 0 Å². The van der Waals surface area contributed by atoms with Crippen LogP contribution in [0.15, 0.2) is 12.3 Å². The number of aromatic nitrogens is 1. The number of rotatable bonds is 2. The van der Waals surface area contributed by atoms with Crippen molar-refractivity contribution >= 4 is 0 Å². The van der Waals surface area contributed by atoms with Crippen molar-refractivity contribution in [1.29, 1.82) is 0 Å². The first kappa shape index (κ1) is 8.99. The fraction of sp³-hybridized carbons (Fsp3) is 0.286. The summed E-state index contributed by atoms with van der Waals surface area (Å²) in [4.78, 5) is 2.98. The average molecular weight is 177 g/mol. The molecule has 2 nitrogen and oxygen atoms in total. The molecule has 0 bridgehead atoms. The van der Waals surface area contributed by atoms with Gasteiger partial charge < -0.3 is 5.11 Å². The Morgan fingerprint density at radius 1 is 1.50 bits per heavy atom. The molecule has 0 aromatic carbocycles. The van der Waals surface area contributed by atoms with E-state index in [4.69, 9.17) is 5.11 Å². The van der Waals surface area contributed by atoms with Crippen LogP contribution in [0, 0.1) is 11.8 Å². The van der Waals surface area contributed by atoms with E-state index in [9.17, 15) is 13.2 Å². The van der Waals surface area contributed by atoms with Gasteiger partial charge in [0.15, 0.2) is 0 Å². The molecule has 0 aliphatic carbocycles. The maximum Gasteiger partial charge on any atom is 0.218 e. The van der Waals surface area contributed by atoms with Gasteiger partial charge in [-0.05, 0) is 6.07 Å². The van der Waals surface area contributed by atoms with Crippen LogP contribution < -0.4 is 0 Å². The Morgan fingerprint density at radius 3 is 2.75 bits per heavy atom. The van der Waals surface area contributed by atoms with E-state index in [2.05, 4.69) is 4.98 Å². The van der Waals surface area contributed by atoms with Crippen LogP contribution in [0.5, 0.6) is 0 Å². The summed E-state index contributed by atoms with van der Waals surface area (Å²) in [5.74, 6) is -1.86. The van der Waals surface area contributed by atoms with E-state index in [-0.39, 0.29) is 0 Å². The van der Waals surface area contributed by atoms with Crippen molar-refractivity contribution < 1.29 is 18.3 Å². The molecule has 1 heterocycles.